The molecule has 173 valence electrons. The summed E-state index contributed by atoms with van der Waals surface area (Å²) in [6, 6.07) is 8.09. The van der Waals surface area contributed by atoms with E-state index in [2.05, 4.69) is 15.0 Å². The van der Waals surface area contributed by atoms with Crippen LogP contribution in [0.1, 0.15) is 31.5 Å². The molecule has 3 aromatic rings. The zero-order chi connectivity index (χ0) is 22.7. The molecule has 0 aliphatic carbocycles. The molecular formula is C18H15N3NaO11V+. The first kappa shape index (κ1) is 38.0. The Kier molecular flexibility index (Phi) is 21.5. The SMILES string of the molecule is O.O=C([O-])c1[nH+]cccc1O.O=C([O-])c1ncccc1O.O=C([O-])c1ncccc1O.[Na+].[O-2].[V+4]. The van der Waals surface area contributed by atoms with E-state index in [0.29, 0.717) is 0 Å². The maximum absolute atomic E-state index is 10.1. The summed E-state index contributed by atoms with van der Waals surface area (Å²) in [7, 11) is 0. The third-order valence-corrected chi connectivity index (χ3v) is 3.00. The van der Waals surface area contributed by atoms with E-state index >= 15 is 0 Å². The van der Waals surface area contributed by atoms with E-state index in [1.54, 1.807) is 0 Å². The Balaban J connectivity index is -0.000000187. The molecule has 3 rings (SSSR count). The van der Waals surface area contributed by atoms with Crippen LogP contribution in [-0.4, -0.2) is 48.7 Å². The molecule has 3 aromatic heterocycles. The van der Waals surface area contributed by atoms with Gasteiger partial charge in [-0.15, -0.1) is 0 Å². The molecule has 0 unspecified atom stereocenters. The number of hydrogen-bond acceptors (Lipinski definition) is 11. The number of aromatic hydroxyl groups is 3. The Morgan fingerprint density at radius 2 is 1.12 bits per heavy atom. The summed E-state index contributed by atoms with van der Waals surface area (Å²) in [5.74, 6) is -5.43. The molecule has 0 amide bonds. The van der Waals surface area contributed by atoms with Crippen LogP contribution in [0.2, 0.25) is 0 Å². The Hall–Kier alpha value is -3.24. The number of carboxylic acid groups (broad SMARTS) is 3. The normalized spacial score (nSPS) is 8.12. The molecule has 0 aliphatic heterocycles. The van der Waals surface area contributed by atoms with Crippen molar-refractivity contribution in [3.05, 3.63) is 72.1 Å². The number of H-pyrrole nitrogens is 1. The zero-order valence-electron chi connectivity index (χ0n) is 17.2. The van der Waals surface area contributed by atoms with Gasteiger partial charge in [-0.25, -0.2) is 4.98 Å². The van der Waals surface area contributed by atoms with Crippen molar-refractivity contribution in [2.45, 2.75) is 0 Å². The zero-order valence-corrected chi connectivity index (χ0v) is 20.6. The van der Waals surface area contributed by atoms with Crippen LogP contribution < -0.4 is 49.9 Å². The van der Waals surface area contributed by atoms with Gasteiger partial charge in [0.15, 0.2) is 11.9 Å². The third-order valence-electron chi connectivity index (χ3n) is 3.00. The van der Waals surface area contributed by atoms with Crippen molar-refractivity contribution < 1.29 is 109 Å². The summed E-state index contributed by atoms with van der Waals surface area (Å²) in [6.07, 6.45) is 3.93. The van der Waals surface area contributed by atoms with E-state index in [-0.39, 0.29) is 82.0 Å². The topological polar surface area (TPSA) is 281 Å². The van der Waals surface area contributed by atoms with Gasteiger partial charge < -0.3 is 56.0 Å². The van der Waals surface area contributed by atoms with Gasteiger partial charge in [-0.2, -0.15) is 0 Å². The van der Waals surface area contributed by atoms with E-state index in [1.165, 1.54) is 55.0 Å². The largest absolute Gasteiger partial charge is 4.00 e. The second-order valence-electron chi connectivity index (χ2n) is 5.04. The molecule has 14 nitrogen and oxygen atoms in total. The number of carbonyl (C=O) groups excluding carboxylic acids is 3. The van der Waals surface area contributed by atoms with E-state index in [9.17, 15) is 29.7 Å². The number of aromatic amines is 1. The van der Waals surface area contributed by atoms with Gasteiger partial charge in [0.1, 0.15) is 28.9 Å². The molecular weight excluding hydrogens is 508 g/mol. The maximum Gasteiger partial charge on any atom is 4.00 e. The van der Waals surface area contributed by atoms with E-state index in [1.807, 2.05) is 0 Å². The number of aromatic carboxylic acids is 3. The molecule has 3 heterocycles. The molecule has 0 bridgehead atoms. The standard InChI is InChI=1S/3C6H5NO3.Na.H2O.O.V/c3*8-4-2-1-3-7-5(4)6(9)10;;;;/h3*1-3,8H,(H,9,10);;1H2;;/q;;;+1;;-2;+4/p-2. The first-order chi connectivity index (χ1) is 14.1. The molecule has 1 radical (unpaired) electrons. The number of aromatic nitrogens is 3. The molecule has 34 heavy (non-hydrogen) atoms. The van der Waals surface area contributed by atoms with Crippen molar-refractivity contribution in [1.82, 2.24) is 9.97 Å². The fraction of sp³-hybridized carbons (Fsp3) is 0. The second kappa shape index (κ2) is 19.3. The summed E-state index contributed by atoms with van der Waals surface area (Å²) >= 11 is 0. The number of carboxylic acids is 3. The first-order valence-electron chi connectivity index (χ1n) is 7.76. The van der Waals surface area contributed by atoms with Crippen molar-refractivity contribution in [3.63, 3.8) is 0 Å². The number of rotatable bonds is 3. The Bertz CT molecular complexity index is 925. The van der Waals surface area contributed by atoms with Crippen LogP contribution in [0.15, 0.2) is 55.0 Å². The minimum atomic E-state index is -1.47. The summed E-state index contributed by atoms with van der Waals surface area (Å²) < 4.78 is 0. The summed E-state index contributed by atoms with van der Waals surface area (Å²) in [5, 5.41) is 56.7. The van der Waals surface area contributed by atoms with E-state index in [0.717, 1.165) is 0 Å². The molecule has 0 saturated heterocycles. The summed E-state index contributed by atoms with van der Waals surface area (Å²) in [5.41, 5.74) is -1.16. The molecule has 0 fully saturated rings. The van der Waals surface area contributed by atoms with Crippen LogP contribution in [0, 0.1) is 0 Å². The van der Waals surface area contributed by atoms with Crippen LogP contribution in [0.5, 0.6) is 17.2 Å². The van der Waals surface area contributed by atoms with Crippen LogP contribution in [-0.2, 0) is 24.0 Å². The summed E-state index contributed by atoms with van der Waals surface area (Å²) in [4.78, 5) is 39.4. The number of nitrogens with one attached hydrogen (secondary N) is 1. The van der Waals surface area contributed by atoms with Crippen molar-refractivity contribution in [1.29, 1.82) is 0 Å². The molecule has 16 heteroatoms. The molecule has 6 N–H and O–H groups in total. The van der Waals surface area contributed by atoms with Gasteiger partial charge >= 0.3 is 48.1 Å². The molecule has 0 saturated carbocycles. The third kappa shape index (κ3) is 12.7. The van der Waals surface area contributed by atoms with Crippen LogP contribution in [0.4, 0.5) is 0 Å². The minimum Gasteiger partial charge on any atom is -2.00 e. The fourth-order valence-corrected chi connectivity index (χ4v) is 1.70. The Labute approximate surface area is 225 Å². The number of hydrogen-bond donors (Lipinski definition) is 3. The molecule has 0 spiro atoms. The average molecular weight is 523 g/mol. The maximum atomic E-state index is 10.1. The molecule has 0 atom stereocenters. The van der Waals surface area contributed by atoms with Gasteiger partial charge in [-0.05, 0) is 30.3 Å². The molecule has 0 aromatic carbocycles. The first-order valence-corrected chi connectivity index (χ1v) is 7.76. The smallest absolute Gasteiger partial charge is 2.00 e. The van der Waals surface area contributed by atoms with Crippen LogP contribution >= 0.6 is 0 Å². The number of carbonyl (C=O) groups is 3. The monoisotopic (exact) mass is 523 g/mol. The minimum absolute atomic E-state index is 0. The van der Waals surface area contributed by atoms with Gasteiger partial charge in [0.2, 0.25) is 0 Å². The van der Waals surface area contributed by atoms with Crippen molar-refractivity contribution in [2.24, 2.45) is 0 Å². The van der Waals surface area contributed by atoms with E-state index in [4.69, 9.17) is 15.3 Å². The number of pyridine rings is 3. The predicted molar refractivity (Wildman–Crippen MR) is 93.8 cm³/mol. The molecule has 0 aliphatic rings. The van der Waals surface area contributed by atoms with Crippen LogP contribution in [0.25, 0.3) is 0 Å². The van der Waals surface area contributed by atoms with Gasteiger partial charge in [-0.3, -0.25) is 9.97 Å². The predicted octanol–water partition coefficient (Wildman–Crippen LogP) is -7.07. The van der Waals surface area contributed by atoms with Crippen LogP contribution in [0.3, 0.4) is 0 Å². The number of nitrogens with zero attached hydrogens (tertiary/aromatic N) is 2. The quantitative estimate of drug-likeness (QED) is 0.271. The van der Waals surface area contributed by atoms with Crippen molar-refractivity contribution in [2.75, 3.05) is 0 Å². The van der Waals surface area contributed by atoms with E-state index < -0.39 is 29.3 Å². The van der Waals surface area contributed by atoms with Gasteiger partial charge in [0.05, 0.1) is 11.9 Å². The van der Waals surface area contributed by atoms with Gasteiger partial charge in [-0.1, -0.05) is 0 Å². The average Bonchev–Trinajstić information content (AvgIpc) is 2.69. The van der Waals surface area contributed by atoms with Gasteiger partial charge in [0, 0.05) is 18.5 Å². The van der Waals surface area contributed by atoms with Gasteiger partial charge in [0.25, 0.3) is 5.69 Å². The van der Waals surface area contributed by atoms with Crippen molar-refractivity contribution >= 4 is 17.9 Å². The summed E-state index contributed by atoms with van der Waals surface area (Å²) in [6.45, 7) is 0. The Morgan fingerprint density at radius 3 is 1.35 bits per heavy atom. The van der Waals surface area contributed by atoms with Crippen molar-refractivity contribution in [3.8, 4) is 17.2 Å². The fourth-order valence-electron chi connectivity index (χ4n) is 1.70. The Morgan fingerprint density at radius 1 is 0.735 bits per heavy atom. The second-order valence-corrected chi connectivity index (χ2v) is 5.04.